The molecular formula is C22H25N3O4. The third-order valence-corrected chi connectivity index (χ3v) is 4.68. The van der Waals surface area contributed by atoms with Gasteiger partial charge in [0.1, 0.15) is 11.6 Å². The van der Waals surface area contributed by atoms with Crippen molar-refractivity contribution in [1.82, 2.24) is 9.78 Å². The van der Waals surface area contributed by atoms with Crippen LogP contribution in [-0.4, -0.2) is 34.4 Å². The number of carbonyl (C=O) groups is 2. The molecule has 7 heteroatoms. The molecule has 1 aromatic heterocycles. The molecule has 0 aliphatic heterocycles. The topological polar surface area (TPSA) is 82.5 Å². The summed E-state index contributed by atoms with van der Waals surface area (Å²) >= 11 is 0. The summed E-state index contributed by atoms with van der Waals surface area (Å²) < 4.78 is 12.4. The van der Waals surface area contributed by atoms with Gasteiger partial charge in [0.25, 0.3) is 5.91 Å². The van der Waals surface area contributed by atoms with Gasteiger partial charge in [0.05, 0.1) is 12.2 Å². The first-order valence-electron chi connectivity index (χ1n) is 9.63. The summed E-state index contributed by atoms with van der Waals surface area (Å²) in [7, 11) is 0. The summed E-state index contributed by atoms with van der Waals surface area (Å²) in [4.78, 5) is 24.4. The molecular weight excluding hydrogens is 370 g/mol. The highest BCUT2D eigenvalue weighted by atomic mass is 16.6. The highest BCUT2D eigenvalue weighted by Gasteiger charge is 2.20. The maximum absolute atomic E-state index is 12.4. The van der Waals surface area contributed by atoms with Crippen LogP contribution in [0.4, 0.5) is 5.82 Å². The minimum absolute atomic E-state index is 0.147. The molecule has 3 aromatic rings. The van der Waals surface area contributed by atoms with Gasteiger partial charge >= 0.3 is 5.97 Å². The molecule has 0 saturated heterocycles. The van der Waals surface area contributed by atoms with Gasteiger partial charge in [-0.3, -0.25) is 4.79 Å². The Morgan fingerprint density at radius 3 is 2.62 bits per heavy atom. The van der Waals surface area contributed by atoms with Crippen molar-refractivity contribution in [2.45, 2.75) is 39.3 Å². The number of anilines is 1. The lowest BCUT2D eigenvalue weighted by Crippen LogP contribution is -2.32. The van der Waals surface area contributed by atoms with E-state index in [-0.39, 0.29) is 12.6 Å². The zero-order valence-corrected chi connectivity index (χ0v) is 16.8. The van der Waals surface area contributed by atoms with Crippen molar-refractivity contribution >= 4 is 28.5 Å². The lowest BCUT2D eigenvalue weighted by molar-refractivity contribution is -0.155. The summed E-state index contributed by atoms with van der Waals surface area (Å²) in [6.07, 6.45) is 1.54. The van der Waals surface area contributed by atoms with Crippen molar-refractivity contribution in [2.24, 2.45) is 0 Å². The Balaban J connectivity index is 1.51. The van der Waals surface area contributed by atoms with E-state index in [2.05, 4.69) is 10.4 Å². The molecule has 2 atom stereocenters. The Morgan fingerprint density at radius 1 is 1.10 bits per heavy atom. The van der Waals surface area contributed by atoms with Crippen molar-refractivity contribution in [3.63, 3.8) is 0 Å². The molecule has 0 aliphatic carbocycles. The van der Waals surface area contributed by atoms with E-state index < -0.39 is 18.0 Å². The predicted molar refractivity (Wildman–Crippen MR) is 111 cm³/mol. The van der Waals surface area contributed by atoms with Gasteiger partial charge in [-0.15, -0.1) is 0 Å². The van der Waals surface area contributed by atoms with Crippen molar-refractivity contribution < 1.29 is 19.1 Å². The molecule has 0 saturated carbocycles. The number of hydrogen-bond acceptors (Lipinski definition) is 5. The quantitative estimate of drug-likeness (QED) is 0.584. The lowest BCUT2D eigenvalue weighted by atomic mass is 10.1. The second-order valence-corrected chi connectivity index (χ2v) is 6.84. The fourth-order valence-electron chi connectivity index (χ4n) is 2.85. The van der Waals surface area contributed by atoms with Crippen molar-refractivity contribution in [3.8, 4) is 5.75 Å². The van der Waals surface area contributed by atoms with E-state index in [0.717, 1.165) is 17.2 Å². The average Bonchev–Trinajstić information content (AvgIpc) is 3.19. The van der Waals surface area contributed by atoms with Crippen LogP contribution in [0.5, 0.6) is 5.75 Å². The number of carbonyl (C=O) groups excluding carboxylic acids is 2. The zero-order valence-electron chi connectivity index (χ0n) is 16.8. The van der Waals surface area contributed by atoms with E-state index in [0.29, 0.717) is 11.6 Å². The molecule has 0 aliphatic rings. The molecule has 1 N–H and O–H groups in total. The molecule has 3 rings (SSSR count). The first kappa shape index (κ1) is 20.4. The standard InChI is InChI=1S/C22H25N3O4/c1-4-15(2)25-20(11-12-23-25)24-22(27)16(3)29-21(26)14-28-19-10-9-17-7-5-6-8-18(17)13-19/h5-13,15-16H,4,14H2,1-3H3,(H,24,27)/t15-,16+/m0/s1. The SMILES string of the molecule is CC[C@H](C)n1nccc1NC(=O)[C@@H](C)OC(=O)COc1ccc2ccccc2c1. The summed E-state index contributed by atoms with van der Waals surface area (Å²) in [5.74, 6) is 0.0974. The number of nitrogens with one attached hydrogen (secondary N) is 1. The number of rotatable bonds is 8. The van der Waals surface area contributed by atoms with Gasteiger partial charge in [0.2, 0.25) is 0 Å². The number of ether oxygens (including phenoxy) is 2. The molecule has 7 nitrogen and oxygen atoms in total. The normalized spacial score (nSPS) is 12.9. The summed E-state index contributed by atoms with van der Waals surface area (Å²) in [6.45, 7) is 5.29. The molecule has 0 radical (unpaired) electrons. The van der Waals surface area contributed by atoms with Crippen LogP contribution >= 0.6 is 0 Å². The van der Waals surface area contributed by atoms with E-state index in [1.807, 2.05) is 50.2 Å². The number of amides is 1. The first-order valence-corrected chi connectivity index (χ1v) is 9.63. The van der Waals surface area contributed by atoms with Gasteiger partial charge in [0, 0.05) is 6.07 Å². The fourth-order valence-corrected chi connectivity index (χ4v) is 2.85. The molecule has 1 amide bonds. The van der Waals surface area contributed by atoms with E-state index in [4.69, 9.17) is 9.47 Å². The molecule has 0 bridgehead atoms. The lowest BCUT2D eigenvalue weighted by Gasteiger charge is -2.17. The van der Waals surface area contributed by atoms with Gasteiger partial charge in [0.15, 0.2) is 12.7 Å². The van der Waals surface area contributed by atoms with Crippen molar-refractivity contribution in [1.29, 1.82) is 0 Å². The summed E-state index contributed by atoms with van der Waals surface area (Å²) in [6, 6.07) is 15.3. The molecule has 29 heavy (non-hydrogen) atoms. The van der Waals surface area contributed by atoms with Crippen LogP contribution in [0.15, 0.2) is 54.7 Å². The van der Waals surface area contributed by atoms with Crippen LogP contribution in [0.2, 0.25) is 0 Å². The Morgan fingerprint density at radius 2 is 1.86 bits per heavy atom. The number of fused-ring (bicyclic) bond motifs is 1. The molecule has 1 heterocycles. The Hall–Kier alpha value is -3.35. The Kier molecular flexibility index (Phi) is 6.49. The predicted octanol–water partition coefficient (Wildman–Crippen LogP) is 3.96. The minimum Gasteiger partial charge on any atom is -0.482 e. The van der Waals surface area contributed by atoms with Crippen LogP contribution in [-0.2, 0) is 14.3 Å². The second-order valence-electron chi connectivity index (χ2n) is 6.84. The summed E-state index contributed by atoms with van der Waals surface area (Å²) in [5, 5.41) is 9.07. The van der Waals surface area contributed by atoms with Gasteiger partial charge in [-0.05, 0) is 43.2 Å². The molecule has 152 valence electrons. The largest absolute Gasteiger partial charge is 0.482 e. The molecule has 0 fully saturated rings. The smallest absolute Gasteiger partial charge is 0.344 e. The maximum atomic E-state index is 12.4. The zero-order chi connectivity index (χ0) is 20.8. The van der Waals surface area contributed by atoms with Gasteiger partial charge < -0.3 is 14.8 Å². The second kappa shape index (κ2) is 9.23. The Labute approximate surface area is 169 Å². The van der Waals surface area contributed by atoms with Crippen LogP contribution in [0.3, 0.4) is 0 Å². The molecule has 2 aromatic carbocycles. The number of aromatic nitrogens is 2. The number of hydrogen-bond donors (Lipinski definition) is 1. The fraction of sp³-hybridized carbons (Fsp3) is 0.318. The highest BCUT2D eigenvalue weighted by Crippen LogP contribution is 2.20. The monoisotopic (exact) mass is 395 g/mol. The average molecular weight is 395 g/mol. The Bertz CT molecular complexity index is 998. The van der Waals surface area contributed by atoms with E-state index >= 15 is 0 Å². The highest BCUT2D eigenvalue weighted by molar-refractivity contribution is 5.94. The van der Waals surface area contributed by atoms with Crippen molar-refractivity contribution in [2.75, 3.05) is 11.9 Å². The molecule has 0 spiro atoms. The van der Waals surface area contributed by atoms with E-state index in [9.17, 15) is 9.59 Å². The van der Waals surface area contributed by atoms with Crippen LogP contribution in [0, 0.1) is 0 Å². The number of nitrogens with zero attached hydrogens (tertiary/aromatic N) is 2. The van der Waals surface area contributed by atoms with Crippen LogP contribution in [0.25, 0.3) is 10.8 Å². The number of benzene rings is 2. The number of esters is 1. The van der Waals surface area contributed by atoms with Crippen molar-refractivity contribution in [3.05, 3.63) is 54.7 Å². The third-order valence-electron chi connectivity index (χ3n) is 4.68. The van der Waals surface area contributed by atoms with Crippen LogP contribution < -0.4 is 10.1 Å². The minimum atomic E-state index is -0.956. The summed E-state index contributed by atoms with van der Waals surface area (Å²) in [5.41, 5.74) is 0. The maximum Gasteiger partial charge on any atom is 0.344 e. The van der Waals surface area contributed by atoms with E-state index in [1.165, 1.54) is 6.92 Å². The van der Waals surface area contributed by atoms with Crippen LogP contribution in [0.1, 0.15) is 33.2 Å². The molecule has 0 unspecified atom stereocenters. The van der Waals surface area contributed by atoms with Gasteiger partial charge in [-0.1, -0.05) is 37.3 Å². The third kappa shape index (κ3) is 5.13. The van der Waals surface area contributed by atoms with E-state index in [1.54, 1.807) is 23.0 Å². The first-order chi connectivity index (χ1) is 14.0. The van der Waals surface area contributed by atoms with Gasteiger partial charge in [-0.2, -0.15) is 5.10 Å². The van der Waals surface area contributed by atoms with Gasteiger partial charge in [-0.25, -0.2) is 9.48 Å².